The van der Waals surface area contributed by atoms with Crippen LogP contribution in [0.5, 0.6) is 0 Å². The molecule has 6 heteroatoms. The first-order valence-corrected chi connectivity index (χ1v) is 5.31. The van der Waals surface area contributed by atoms with Gasteiger partial charge in [-0.3, -0.25) is 15.4 Å². The zero-order valence-corrected chi connectivity index (χ0v) is 9.51. The Morgan fingerprint density at radius 1 is 1.53 bits per heavy atom. The average Bonchev–Trinajstić information content (AvgIpc) is 2.29. The van der Waals surface area contributed by atoms with Gasteiger partial charge in [0.2, 0.25) is 0 Å². The number of hydrogen-bond acceptors (Lipinski definition) is 4. The monoisotopic (exact) mass is 238 g/mol. The minimum Gasteiger partial charge on any atom is -0.449 e. The molecule has 0 spiro atoms. The van der Waals surface area contributed by atoms with E-state index in [1.165, 1.54) is 18.2 Å². The van der Waals surface area contributed by atoms with Crippen molar-refractivity contribution in [1.29, 1.82) is 0 Å². The molecule has 0 aliphatic rings. The number of carbonyl (C=O) groups is 1. The number of unbranched alkanes of at least 4 members (excludes halogenated alkanes) is 1. The van der Waals surface area contributed by atoms with Crippen LogP contribution < -0.4 is 5.32 Å². The fourth-order valence-electron chi connectivity index (χ4n) is 1.16. The predicted molar refractivity (Wildman–Crippen MR) is 63.0 cm³/mol. The molecule has 0 saturated heterocycles. The van der Waals surface area contributed by atoms with Crippen molar-refractivity contribution in [1.82, 2.24) is 0 Å². The van der Waals surface area contributed by atoms with Crippen LogP contribution >= 0.6 is 0 Å². The summed E-state index contributed by atoms with van der Waals surface area (Å²) in [6.45, 7) is 2.33. The third kappa shape index (κ3) is 4.50. The number of non-ortho nitro benzene ring substituents is 1. The van der Waals surface area contributed by atoms with Crippen LogP contribution in [0.15, 0.2) is 24.3 Å². The molecule has 0 bridgehead atoms. The third-order valence-electron chi connectivity index (χ3n) is 2.03. The Labute approximate surface area is 98.7 Å². The van der Waals surface area contributed by atoms with Gasteiger partial charge in [0.05, 0.1) is 17.2 Å². The summed E-state index contributed by atoms with van der Waals surface area (Å²) in [6, 6.07) is 5.70. The molecule has 1 rings (SSSR count). The second-order valence-electron chi connectivity index (χ2n) is 3.42. The number of anilines is 1. The lowest BCUT2D eigenvalue weighted by Crippen LogP contribution is -2.14. The number of nitrogens with one attached hydrogen (secondary N) is 1. The molecule has 1 N–H and O–H groups in total. The van der Waals surface area contributed by atoms with Crippen LogP contribution in [0.2, 0.25) is 0 Å². The number of ether oxygens (including phenoxy) is 1. The summed E-state index contributed by atoms with van der Waals surface area (Å²) in [7, 11) is 0. The molecular formula is C11H14N2O4. The molecule has 17 heavy (non-hydrogen) atoms. The van der Waals surface area contributed by atoms with Gasteiger partial charge in [0.25, 0.3) is 5.69 Å². The van der Waals surface area contributed by atoms with E-state index in [0.29, 0.717) is 12.3 Å². The summed E-state index contributed by atoms with van der Waals surface area (Å²) < 4.78 is 4.87. The van der Waals surface area contributed by atoms with E-state index >= 15 is 0 Å². The molecule has 0 aliphatic heterocycles. The smallest absolute Gasteiger partial charge is 0.411 e. The second-order valence-corrected chi connectivity index (χ2v) is 3.42. The topological polar surface area (TPSA) is 81.5 Å². The fraction of sp³-hybridized carbons (Fsp3) is 0.364. The second kappa shape index (κ2) is 6.47. The molecule has 92 valence electrons. The average molecular weight is 238 g/mol. The number of amides is 1. The molecule has 0 aliphatic carbocycles. The summed E-state index contributed by atoms with van der Waals surface area (Å²) >= 11 is 0. The fourth-order valence-corrected chi connectivity index (χ4v) is 1.16. The highest BCUT2D eigenvalue weighted by atomic mass is 16.6. The van der Waals surface area contributed by atoms with E-state index in [4.69, 9.17) is 4.74 Å². The van der Waals surface area contributed by atoms with Crippen LogP contribution in [0.1, 0.15) is 19.8 Å². The molecule has 1 aromatic rings. The van der Waals surface area contributed by atoms with Crippen LogP contribution in [0.4, 0.5) is 16.2 Å². The molecule has 0 saturated carbocycles. The number of rotatable bonds is 5. The Bertz CT molecular complexity index is 406. The minimum atomic E-state index is -0.598. The summed E-state index contributed by atoms with van der Waals surface area (Å²) in [4.78, 5) is 21.3. The van der Waals surface area contributed by atoms with Crippen molar-refractivity contribution in [3.8, 4) is 0 Å². The molecule has 0 aromatic heterocycles. The molecule has 6 nitrogen and oxygen atoms in total. The van der Waals surface area contributed by atoms with Crippen molar-refractivity contribution in [2.24, 2.45) is 0 Å². The maximum Gasteiger partial charge on any atom is 0.411 e. The van der Waals surface area contributed by atoms with Gasteiger partial charge >= 0.3 is 6.09 Å². The highest BCUT2D eigenvalue weighted by Gasteiger charge is 2.08. The van der Waals surface area contributed by atoms with Crippen molar-refractivity contribution in [3.05, 3.63) is 34.4 Å². The van der Waals surface area contributed by atoms with Gasteiger partial charge in [0.15, 0.2) is 0 Å². The first kappa shape index (κ1) is 13.0. The van der Waals surface area contributed by atoms with E-state index < -0.39 is 11.0 Å². The van der Waals surface area contributed by atoms with Gasteiger partial charge in [0, 0.05) is 12.1 Å². The lowest BCUT2D eigenvalue weighted by Gasteiger charge is -2.05. The lowest BCUT2D eigenvalue weighted by molar-refractivity contribution is -0.384. The van der Waals surface area contributed by atoms with E-state index in [9.17, 15) is 14.9 Å². The van der Waals surface area contributed by atoms with Crippen molar-refractivity contribution < 1.29 is 14.5 Å². The van der Waals surface area contributed by atoms with Gasteiger partial charge in [-0.05, 0) is 12.5 Å². The predicted octanol–water partition coefficient (Wildman–Crippen LogP) is 2.94. The normalized spacial score (nSPS) is 9.71. The highest BCUT2D eigenvalue weighted by Crippen LogP contribution is 2.17. The van der Waals surface area contributed by atoms with Gasteiger partial charge in [-0.15, -0.1) is 0 Å². The van der Waals surface area contributed by atoms with Crippen LogP contribution in [-0.4, -0.2) is 17.6 Å². The Morgan fingerprint density at radius 2 is 2.29 bits per heavy atom. The number of hydrogen-bond donors (Lipinski definition) is 1. The van der Waals surface area contributed by atoms with Crippen LogP contribution in [0.3, 0.4) is 0 Å². The number of nitro groups is 1. The van der Waals surface area contributed by atoms with Crippen molar-refractivity contribution in [3.63, 3.8) is 0 Å². The number of nitrogens with zero attached hydrogens (tertiary/aromatic N) is 1. The van der Waals surface area contributed by atoms with Gasteiger partial charge < -0.3 is 4.74 Å². The third-order valence-corrected chi connectivity index (χ3v) is 2.03. The zero-order chi connectivity index (χ0) is 12.7. The number of carbonyl (C=O) groups excluding carboxylic acids is 1. The Balaban J connectivity index is 2.53. The Hall–Kier alpha value is -2.11. The standard InChI is InChI=1S/C11H14N2O4/c1-2-3-7-17-11(14)12-9-5-4-6-10(8-9)13(15)16/h4-6,8H,2-3,7H2,1H3,(H,12,14). The summed E-state index contributed by atoms with van der Waals surface area (Å²) in [6.07, 6.45) is 1.13. The van der Waals surface area contributed by atoms with E-state index in [2.05, 4.69) is 5.32 Å². The minimum absolute atomic E-state index is 0.0728. The quantitative estimate of drug-likeness (QED) is 0.485. The number of benzene rings is 1. The van der Waals surface area contributed by atoms with E-state index in [1.54, 1.807) is 6.07 Å². The van der Waals surface area contributed by atoms with Crippen molar-refractivity contribution in [2.45, 2.75) is 19.8 Å². The van der Waals surface area contributed by atoms with Gasteiger partial charge in [-0.1, -0.05) is 19.4 Å². The van der Waals surface area contributed by atoms with Crippen molar-refractivity contribution >= 4 is 17.5 Å². The largest absolute Gasteiger partial charge is 0.449 e. The first-order chi connectivity index (χ1) is 8.13. The highest BCUT2D eigenvalue weighted by molar-refractivity contribution is 5.85. The molecular weight excluding hydrogens is 224 g/mol. The van der Waals surface area contributed by atoms with Crippen LogP contribution in [0.25, 0.3) is 0 Å². The van der Waals surface area contributed by atoms with Gasteiger partial charge in [-0.2, -0.15) is 0 Å². The van der Waals surface area contributed by atoms with Crippen LogP contribution in [0, 0.1) is 10.1 Å². The van der Waals surface area contributed by atoms with E-state index in [1.807, 2.05) is 6.92 Å². The molecule has 1 aromatic carbocycles. The van der Waals surface area contributed by atoms with Crippen molar-refractivity contribution in [2.75, 3.05) is 11.9 Å². The van der Waals surface area contributed by atoms with E-state index in [-0.39, 0.29) is 5.69 Å². The lowest BCUT2D eigenvalue weighted by atomic mass is 10.3. The van der Waals surface area contributed by atoms with Gasteiger partial charge in [0.1, 0.15) is 0 Å². The molecule has 0 atom stereocenters. The maximum atomic E-state index is 11.3. The first-order valence-electron chi connectivity index (χ1n) is 5.31. The zero-order valence-electron chi connectivity index (χ0n) is 9.51. The SMILES string of the molecule is CCCCOC(=O)Nc1cccc([N+](=O)[O-])c1. The molecule has 0 fully saturated rings. The number of nitro benzene ring substituents is 1. The van der Waals surface area contributed by atoms with Crippen LogP contribution in [-0.2, 0) is 4.74 Å². The molecule has 0 heterocycles. The molecule has 0 radical (unpaired) electrons. The van der Waals surface area contributed by atoms with E-state index in [0.717, 1.165) is 12.8 Å². The Kier molecular flexibility index (Phi) is 4.93. The summed E-state index contributed by atoms with van der Waals surface area (Å²) in [5.74, 6) is 0. The summed E-state index contributed by atoms with van der Waals surface area (Å²) in [5.41, 5.74) is 0.275. The maximum absolute atomic E-state index is 11.3. The summed E-state index contributed by atoms with van der Waals surface area (Å²) in [5, 5.41) is 12.9. The molecule has 0 unspecified atom stereocenters. The van der Waals surface area contributed by atoms with Gasteiger partial charge in [-0.25, -0.2) is 4.79 Å². The molecule has 1 amide bonds. The Morgan fingerprint density at radius 3 is 2.94 bits per heavy atom.